The van der Waals surface area contributed by atoms with Crippen LogP contribution in [0.1, 0.15) is 27.9 Å². The molecular weight excluding hydrogens is 272 g/mol. The molecule has 21 heavy (non-hydrogen) atoms. The summed E-state index contributed by atoms with van der Waals surface area (Å²) in [5.74, 6) is -1.92. The zero-order valence-electron chi connectivity index (χ0n) is 12.3. The Balaban J connectivity index is 2.25. The van der Waals surface area contributed by atoms with Gasteiger partial charge in [0.25, 0.3) is 0 Å². The lowest BCUT2D eigenvalue weighted by atomic mass is 10.0. The molecule has 0 spiro atoms. The first-order valence-corrected chi connectivity index (χ1v) is 6.69. The topological polar surface area (TPSA) is 86.7 Å². The van der Waals surface area contributed by atoms with E-state index in [1.165, 1.54) is 11.0 Å². The first-order chi connectivity index (χ1) is 9.79. The summed E-state index contributed by atoms with van der Waals surface area (Å²) in [6.45, 7) is 3.91. The van der Waals surface area contributed by atoms with Gasteiger partial charge in [0.05, 0.1) is 17.2 Å². The molecule has 6 heteroatoms. The van der Waals surface area contributed by atoms with Crippen LogP contribution in [0, 0.1) is 19.8 Å². The number of aromatic carboxylic acids is 1. The number of hydrogen-bond acceptors (Lipinski definition) is 3. The molecule has 1 aliphatic heterocycles. The minimum Gasteiger partial charge on any atom is -0.478 e. The second-order valence-electron chi connectivity index (χ2n) is 5.47. The van der Waals surface area contributed by atoms with Crippen LogP contribution in [0.25, 0.3) is 0 Å². The summed E-state index contributed by atoms with van der Waals surface area (Å²) < 4.78 is 0. The maximum atomic E-state index is 12.2. The minimum atomic E-state index is -1.09. The number of rotatable bonds is 3. The summed E-state index contributed by atoms with van der Waals surface area (Å²) >= 11 is 0. The predicted molar refractivity (Wildman–Crippen MR) is 77.2 cm³/mol. The molecule has 1 atom stereocenters. The van der Waals surface area contributed by atoms with E-state index in [-0.39, 0.29) is 23.8 Å². The van der Waals surface area contributed by atoms with E-state index in [9.17, 15) is 19.5 Å². The second kappa shape index (κ2) is 5.55. The fraction of sp³-hybridized carbons (Fsp3) is 0.400. The van der Waals surface area contributed by atoms with Gasteiger partial charge in [0.2, 0.25) is 11.8 Å². The van der Waals surface area contributed by atoms with E-state index in [1.807, 2.05) is 6.07 Å². The molecule has 1 saturated heterocycles. The number of carboxylic acid groups (broad SMARTS) is 1. The highest BCUT2D eigenvalue weighted by Crippen LogP contribution is 2.25. The summed E-state index contributed by atoms with van der Waals surface area (Å²) in [5.41, 5.74) is 1.88. The number of hydrogen-bond donors (Lipinski definition) is 2. The third-order valence-corrected chi connectivity index (χ3v) is 3.67. The molecule has 6 nitrogen and oxygen atoms in total. The molecule has 1 aromatic carbocycles. The standard InChI is InChI=1S/C15H18N2O4/c1-8-4-9(2)13(11(5-8)15(20)21)16-14(19)10-6-12(18)17(3)7-10/h4-5,10H,6-7H2,1-3H3,(H,16,19)(H,20,21). The van der Waals surface area contributed by atoms with Crippen molar-refractivity contribution in [2.75, 3.05) is 18.9 Å². The second-order valence-corrected chi connectivity index (χ2v) is 5.47. The van der Waals surface area contributed by atoms with Crippen molar-refractivity contribution in [3.8, 4) is 0 Å². The maximum absolute atomic E-state index is 12.2. The Morgan fingerprint density at radius 1 is 1.33 bits per heavy atom. The van der Waals surface area contributed by atoms with Gasteiger partial charge in [0.15, 0.2) is 0 Å². The van der Waals surface area contributed by atoms with E-state index >= 15 is 0 Å². The van der Waals surface area contributed by atoms with Crippen molar-refractivity contribution in [1.82, 2.24) is 4.90 Å². The van der Waals surface area contributed by atoms with Gasteiger partial charge in [0, 0.05) is 20.0 Å². The lowest BCUT2D eigenvalue weighted by Gasteiger charge is -2.15. The highest BCUT2D eigenvalue weighted by atomic mass is 16.4. The van der Waals surface area contributed by atoms with Crippen LogP contribution in [-0.4, -0.2) is 41.4 Å². The van der Waals surface area contributed by atoms with Gasteiger partial charge in [-0.1, -0.05) is 6.07 Å². The molecule has 1 aliphatic rings. The van der Waals surface area contributed by atoms with Gasteiger partial charge in [-0.3, -0.25) is 9.59 Å². The van der Waals surface area contributed by atoms with Gasteiger partial charge in [-0.05, 0) is 31.0 Å². The van der Waals surface area contributed by atoms with Gasteiger partial charge in [0.1, 0.15) is 0 Å². The van der Waals surface area contributed by atoms with Gasteiger partial charge in [-0.25, -0.2) is 4.79 Å². The molecule has 0 radical (unpaired) electrons. The smallest absolute Gasteiger partial charge is 0.337 e. The summed E-state index contributed by atoms with van der Waals surface area (Å²) in [4.78, 5) is 36.5. The predicted octanol–water partition coefficient (Wildman–Crippen LogP) is 1.42. The van der Waals surface area contributed by atoms with Crippen molar-refractivity contribution < 1.29 is 19.5 Å². The molecular formula is C15H18N2O4. The van der Waals surface area contributed by atoms with Crippen LogP contribution < -0.4 is 5.32 Å². The fourth-order valence-electron chi connectivity index (χ4n) is 2.57. The Labute approximate surface area is 122 Å². The molecule has 1 unspecified atom stereocenters. The number of nitrogens with one attached hydrogen (secondary N) is 1. The van der Waals surface area contributed by atoms with E-state index < -0.39 is 11.9 Å². The summed E-state index contributed by atoms with van der Waals surface area (Å²) in [6.07, 6.45) is 0.162. The lowest BCUT2D eigenvalue weighted by molar-refractivity contribution is -0.127. The average Bonchev–Trinajstić information content (AvgIpc) is 2.72. The van der Waals surface area contributed by atoms with Crippen molar-refractivity contribution in [3.63, 3.8) is 0 Å². The zero-order valence-corrected chi connectivity index (χ0v) is 12.3. The van der Waals surface area contributed by atoms with Crippen LogP contribution >= 0.6 is 0 Å². The number of benzene rings is 1. The molecule has 0 aliphatic carbocycles. The van der Waals surface area contributed by atoms with Gasteiger partial charge < -0.3 is 15.3 Å². The Kier molecular flexibility index (Phi) is 3.97. The number of carbonyl (C=O) groups is 3. The fourth-order valence-corrected chi connectivity index (χ4v) is 2.57. The molecule has 112 valence electrons. The molecule has 0 aromatic heterocycles. The lowest BCUT2D eigenvalue weighted by Crippen LogP contribution is -2.26. The molecule has 2 rings (SSSR count). The first-order valence-electron chi connectivity index (χ1n) is 6.69. The van der Waals surface area contributed by atoms with Gasteiger partial charge in [-0.2, -0.15) is 0 Å². The van der Waals surface area contributed by atoms with E-state index in [1.54, 1.807) is 20.9 Å². The van der Waals surface area contributed by atoms with E-state index in [4.69, 9.17) is 0 Å². The number of amides is 2. The number of carbonyl (C=O) groups excluding carboxylic acids is 2. The van der Waals surface area contributed by atoms with Gasteiger partial charge in [-0.15, -0.1) is 0 Å². The number of anilines is 1. The van der Waals surface area contributed by atoms with Crippen LogP contribution in [0.5, 0.6) is 0 Å². The molecule has 1 heterocycles. The normalized spacial score (nSPS) is 18.0. The summed E-state index contributed by atoms with van der Waals surface area (Å²) in [5, 5.41) is 11.9. The SMILES string of the molecule is Cc1cc(C)c(NC(=O)C2CC(=O)N(C)C2)c(C(=O)O)c1. The van der Waals surface area contributed by atoms with E-state index in [0.29, 0.717) is 17.8 Å². The number of likely N-dealkylation sites (tertiary alicyclic amines) is 1. The minimum absolute atomic E-state index is 0.0681. The molecule has 0 bridgehead atoms. The van der Waals surface area contributed by atoms with Crippen molar-refractivity contribution in [2.24, 2.45) is 5.92 Å². The third-order valence-electron chi connectivity index (χ3n) is 3.67. The molecule has 0 saturated carbocycles. The van der Waals surface area contributed by atoms with Crippen LogP contribution in [0.4, 0.5) is 5.69 Å². The molecule has 2 amide bonds. The van der Waals surface area contributed by atoms with Crippen LogP contribution in [0.3, 0.4) is 0 Å². The highest BCUT2D eigenvalue weighted by Gasteiger charge is 2.32. The molecule has 2 N–H and O–H groups in total. The Hall–Kier alpha value is -2.37. The summed E-state index contributed by atoms with van der Waals surface area (Å²) in [7, 11) is 1.65. The quantitative estimate of drug-likeness (QED) is 0.881. The van der Waals surface area contributed by atoms with Gasteiger partial charge >= 0.3 is 5.97 Å². The van der Waals surface area contributed by atoms with Crippen molar-refractivity contribution in [1.29, 1.82) is 0 Å². The number of carboxylic acids is 1. The number of nitrogens with zero attached hydrogens (tertiary/aromatic N) is 1. The highest BCUT2D eigenvalue weighted by molar-refractivity contribution is 6.03. The first kappa shape index (κ1) is 15.0. The monoisotopic (exact) mass is 290 g/mol. The van der Waals surface area contributed by atoms with Crippen LogP contribution in [-0.2, 0) is 9.59 Å². The summed E-state index contributed by atoms with van der Waals surface area (Å²) in [6, 6.07) is 3.34. The Bertz CT molecular complexity index is 624. The number of aryl methyl sites for hydroxylation is 2. The van der Waals surface area contributed by atoms with E-state index in [2.05, 4.69) is 5.32 Å². The zero-order chi connectivity index (χ0) is 15.7. The van der Waals surface area contributed by atoms with Crippen LogP contribution in [0.15, 0.2) is 12.1 Å². The largest absolute Gasteiger partial charge is 0.478 e. The van der Waals surface area contributed by atoms with Crippen molar-refractivity contribution in [3.05, 3.63) is 28.8 Å². The molecule has 1 aromatic rings. The van der Waals surface area contributed by atoms with E-state index in [0.717, 1.165) is 5.56 Å². The van der Waals surface area contributed by atoms with Crippen molar-refractivity contribution in [2.45, 2.75) is 20.3 Å². The third kappa shape index (κ3) is 3.04. The Morgan fingerprint density at radius 3 is 2.52 bits per heavy atom. The Morgan fingerprint density at radius 2 is 2.00 bits per heavy atom. The maximum Gasteiger partial charge on any atom is 0.337 e. The molecule has 1 fully saturated rings. The van der Waals surface area contributed by atoms with Crippen molar-refractivity contribution >= 4 is 23.5 Å². The average molecular weight is 290 g/mol. The van der Waals surface area contributed by atoms with Crippen LogP contribution in [0.2, 0.25) is 0 Å².